The zero-order valence-electron chi connectivity index (χ0n) is 16.9. The van der Waals surface area contributed by atoms with Crippen LogP contribution in [0.1, 0.15) is 28.8 Å². The highest BCUT2D eigenvalue weighted by Gasteiger charge is 2.36. The molecule has 1 saturated heterocycles. The number of carbonyl (C=O) groups is 1. The molecule has 32 heavy (non-hydrogen) atoms. The van der Waals surface area contributed by atoms with Crippen molar-refractivity contribution >= 4 is 17.5 Å². The van der Waals surface area contributed by atoms with Crippen molar-refractivity contribution in [2.24, 2.45) is 0 Å². The van der Waals surface area contributed by atoms with Crippen molar-refractivity contribution in [1.29, 1.82) is 0 Å². The quantitative estimate of drug-likeness (QED) is 0.471. The second kappa shape index (κ2) is 9.99. The van der Waals surface area contributed by atoms with E-state index in [1.807, 2.05) is 0 Å². The molecule has 0 aliphatic carbocycles. The number of amides is 1. The molecule has 0 radical (unpaired) electrons. The van der Waals surface area contributed by atoms with E-state index in [1.165, 1.54) is 17.0 Å². The third-order valence-electron chi connectivity index (χ3n) is 5.15. The summed E-state index contributed by atoms with van der Waals surface area (Å²) >= 11 is 5.71. The Kier molecular flexibility index (Phi) is 7.55. The highest BCUT2D eigenvalue weighted by atomic mass is 35.5. The summed E-state index contributed by atoms with van der Waals surface area (Å²) < 4.78 is 71.5. The van der Waals surface area contributed by atoms with E-state index >= 15 is 4.39 Å². The maximum atomic E-state index is 15.0. The number of alkyl halides is 4. The Hall–Kier alpha value is -2.46. The second-order valence-corrected chi connectivity index (χ2v) is 7.88. The minimum atomic E-state index is -4.49. The monoisotopic (exact) mass is 477 g/mol. The average molecular weight is 478 g/mol. The van der Waals surface area contributed by atoms with E-state index in [2.05, 4.69) is 10.3 Å². The smallest absolute Gasteiger partial charge is 0.416 e. The number of benzene rings is 1. The van der Waals surface area contributed by atoms with Crippen LogP contribution < -0.4 is 10.1 Å². The number of hydrogen-bond donors (Lipinski definition) is 1. The van der Waals surface area contributed by atoms with Crippen molar-refractivity contribution in [3.05, 3.63) is 58.5 Å². The van der Waals surface area contributed by atoms with Gasteiger partial charge in [-0.15, -0.1) is 0 Å². The Balaban J connectivity index is 1.40. The fourth-order valence-electron chi connectivity index (χ4n) is 3.30. The highest BCUT2D eigenvalue weighted by Crippen LogP contribution is 2.30. The Morgan fingerprint density at radius 1 is 1.22 bits per heavy atom. The molecule has 0 bridgehead atoms. The molecule has 1 amide bonds. The molecule has 1 aliphatic heterocycles. The van der Waals surface area contributed by atoms with E-state index in [9.17, 15) is 22.4 Å². The number of likely N-dealkylation sites (tertiary alicyclic amines) is 1. The second-order valence-electron chi connectivity index (χ2n) is 7.48. The van der Waals surface area contributed by atoms with Gasteiger partial charge in [-0.05, 0) is 24.3 Å². The maximum Gasteiger partial charge on any atom is 0.416 e. The summed E-state index contributed by atoms with van der Waals surface area (Å²) in [6.45, 7) is 0.616. The van der Waals surface area contributed by atoms with E-state index in [0.717, 1.165) is 24.4 Å². The summed E-state index contributed by atoms with van der Waals surface area (Å²) in [5.74, 6) is -1.13. The molecule has 0 spiro atoms. The largest absolute Gasteiger partial charge is 0.476 e. The maximum absolute atomic E-state index is 15.0. The zero-order chi connectivity index (χ0) is 23.4. The molecular weight excluding hydrogens is 457 g/mol. The van der Waals surface area contributed by atoms with Gasteiger partial charge in [-0.25, -0.2) is 13.8 Å². The minimum absolute atomic E-state index is 0.0107. The predicted molar refractivity (Wildman–Crippen MR) is 108 cm³/mol. The molecule has 0 unspecified atom stereocenters. The van der Waals surface area contributed by atoms with Crippen LogP contribution in [-0.2, 0) is 6.18 Å². The van der Waals surface area contributed by atoms with E-state index in [0.29, 0.717) is 0 Å². The third-order valence-corrected chi connectivity index (χ3v) is 5.44. The molecule has 1 aromatic heterocycles. The summed E-state index contributed by atoms with van der Waals surface area (Å²) in [4.78, 5) is 17.7. The molecule has 3 rings (SSSR count). The van der Waals surface area contributed by atoms with Crippen LogP contribution in [0.25, 0.3) is 0 Å². The number of carbonyl (C=O) groups excluding carboxylic acids is 1. The first-order chi connectivity index (χ1) is 15.1. The Labute approximate surface area is 186 Å². The summed E-state index contributed by atoms with van der Waals surface area (Å²) in [5, 5.41) is 2.73. The average Bonchev–Trinajstić information content (AvgIpc) is 2.75. The number of pyridine rings is 1. The molecule has 1 aliphatic rings. The lowest BCUT2D eigenvalue weighted by molar-refractivity contribution is -0.137. The third kappa shape index (κ3) is 6.29. The van der Waals surface area contributed by atoms with Crippen molar-refractivity contribution in [2.45, 2.75) is 24.7 Å². The van der Waals surface area contributed by atoms with Gasteiger partial charge in [0.2, 0.25) is 5.88 Å². The van der Waals surface area contributed by atoms with E-state index < -0.39 is 23.2 Å². The molecule has 1 fully saturated rings. The van der Waals surface area contributed by atoms with Gasteiger partial charge >= 0.3 is 6.18 Å². The molecule has 11 heteroatoms. The molecular formula is C21H21ClF5N3O2. The van der Waals surface area contributed by atoms with Crippen molar-refractivity contribution in [1.82, 2.24) is 15.2 Å². The van der Waals surface area contributed by atoms with Gasteiger partial charge < -0.3 is 15.0 Å². The molecule has 0 saturated carbocycles. The lowest BCUT2D eigenvalue weighted by atomic mass is 9.93. The summed E-state index contributed by atoms with van der Waals surface area (Å²) in [6, 6.07) is 5.34. The number of rotatable bonds is 7. The van der Waals surface area contributed by atoms with Gasteiger partial charge in [0.1, 0.15) is 18.1 Å². The van der Waals surface area contributed by atoms with Crippen molar-refractivity contribution in [2.75, 3.05) is 32.8 Å². The fraction of sp³-hybridized carbons (Fsp3) is 0.429. The van der Waals surface area contributed by atoms with Crippen molar-refractivity contribution < 1.29 is 31.5 Å². The number of nitrogens with zero attached hydrogens (tertiary/aromatic N) is 2. The lowest BCUT2D eigenvalue weighted by Crippen LogP contribution is -2.49. The number of aromatic nitrogens is 1. The van der Waals surface area contributed by atoms with Crippen LogP contribution in [0.15, 0.2) is 36.5 Å². The first-order valence-corrected chi connectivity index (χ1v) is 10.3. The van der Waals surface area contributed by atoms with E-state index in [-0.39, 0.29) is 68.0 Å². The van der Waals surface area contributed by atoms with Crippen LogP contribution in [0.3, 0.4) is 0 Å². The van der Waals surface area contributed by atoms with Crippen LogP contribution in [0.4, 0.5) is 22.0 Å². The van der Waals surface area contributed by atoms with Crippen LogP contribution in [0, 0.1) is 5.82 Å². The Morgan fingerprint density at radius 2 is 1.94 bits per heavy atom. The van der Waals surface area contributed by atoms with Crippen LogP contribution in [0.5, 0.6) is 5.88 Å². The number of hydrogen-bond acceptors (Lipinski definition) is 4. The van der Waals surface area contributed by atoms with Crippen LogP contribution >= 0.6 is 11.6 Å². The Morgan fingerprint density at radius 3 is 2.59 bits per heavy atom. The fourth-order valence-corrected chi connectivity index (χ4v) is 3.48. The number of piperidine rings is 1. The van der Waals surface area contributed by atoms with Crippen molar-refractivity contribution in [3.63, 3.8) is 0 Å². The van der Waals surface area contributed by atoms with Crippen LogP contribution in [0.2, 0.25) is 5.02 Å². The van der Waals surface area contributed by atoms with Crippen LogP contribution in [-0.4, -0.2) is 54.2 Å². The van der Waals surface area contributed by atoms with Gasteiger partial charge in [-0.1, -0.05) is 11.6 Å². The van der Waals surface area contributed by atoms with Gasteiger partial charge in [0.25, 0.3) is 5.91 Å². The molecule has 2 heterocycles. The predicted octanol–water partition coefficient (Wildman–Crippen LogP) is 4.51. The van der Waals surface area contributed by atoms with E-state index in [4.69, 9.17) is 16.3 Å². The first-order valence-electron chi connectivity index (χ1n) is 9.87. The number of halogens is 6. The summed E-state index contributed by atoms with van der Waals surface area (Å²) in [7, 11) is 0. The SMILES string of the molecule is O=C(c1ccc(F)c(Cl)c1)N1CCC(F)(CNCCOc2cc(C(F)(F)F)ccn2)CC1. The topological polar surface area (TPSA) is 54.5 Å². The lowest BCUT2D eigenvalue weighted by Gasteiger charge is -2.36. The number of ether oxygens (including phenoxy) is 1. The van der Waals surface area contributed by atoms with Crippen molar-refractivity contribution in [3.8, 4) is 5.88 Å². The molecule has 1 aromatic carbocycles. The van der Waals surface area contributed by atoms with Gasteiger partial charge in [0, 0.05) is 56.8 Å². The zero-order valence-corrected chi connectivity index (χ0v) is 17.6. The van der Waals surface area contributed by atoms with Gasteiger partial charge in [-0.3, -0.25) is 4.79 Å². The molecule has 1 N–H and O–H groups in total. The van der Waals surface area contributed by atoms with E-state index in [1.54, 1.807) is 0 Å². The molecule has 174 valence electrons. The standard InChI is InChI=1S/C21H21ClF5N3O2/c22-16-11-14(1-2-17(16)23)19(31)30-8-4-20(24,5-9-30)13-28-7-10-32-18-12-15(3-6-29-18)21(25,26)27/h1-3,6,11-12,28H,4-5,7-10,13H2. The summed E-state index contributed by atoms with van der Waals surface area (Å²) in [6.07, 6.45) is -3.26. The van der Waals surface area contributed by atoms with Gasteiger partial charge in [0.15, 0.2) is 0 Å². The molecule has 2 aromatic rings. The minimum Gasteiger partial charge on any atom is -0.476 e. The Bertz CT molecular complexity index is 949. The van der Waals surface area contributed by atoms with Gasteiger partial charge in [-0.2, -0.15) is 13.2 Å². The molecule has 5 nitrogen and oxygen atoms in total. The first kappa shape index (κ1) is 24.2. The molecule has 0 atom stereocenters. The number of nitrogens with one attached hydrogen (secondary N) is 1. The summed E-state index contributed by atoms with van der Waals surface area (Å²) in [5.41, 5.74) is -2.16. The van der Waals surface area contributed by atoms with Gasteiger partial charge in [0.05, 0.1) is 10.6 Å². The highest BCUT2D eigenvalue weighted by molar-refractivity contribution is 6.31. The normalized spacial score (nSPS) is 16.1.